The second kappa shape index (κ2) is 12.2. The van der Waals surface area contributed by atoms with Crippen molar-refractivity contribution in [1.29, 1.82) is 0 Å². The molecule has 1 aliphatic carbocycles. The number of hydrogen-bond donors (Lipinski definition) is 2. The maximum Gasteiger partial charge on any atom is 0.407 e. The fourth-order valence-corrected chi connectivity index (χ4v) is 3.47. The Morgan fingerprint density at radius 3 is 1.97 bits per heavy atom. The van der Waals surface area contributed by atoms with Crippen LogP contribution in [0.1, 0.15) is 58.1 Å². The monoisotopic (exact) mass is 440 g/mol. The zero-order valence-corrected chi connectivity index (χ0v) is 19.9. The predicted octanol–water partition coefficient (Wildman–Crippen LogP) is 4.87. The Labute approximate surface area is 191 Å². The van der Waals surface area contributed by atoms with Crippen molar-refractivity contribution < 1.29 is 19.1 Å². The van der Waals surface area contributed by atoms with Gasteiger partial charge in [0.2, 0.25) is 0 Å². The van der Waals surface area contributed by atoms with Crippen LogP contribution in [0.5, 0.6) is 0 Å². The van der Waals surface area contributed by atoms with E-state index in [0.29, 0.717) is 13.1 Å². The zero-order valence-electron chi connectivity index (χ0n) is 19.9. The zero-order chi connectivity index (χ0) is 23.6. The van der Waals surface area contributed by atoms with Crippen molar-refractivity contribution in [1.82, 2.24) is 10.6 Å². The molecule has 1 aliphatic rings. The first kappa shape index (κ1) is 25.4. The van der Waals surface area contributed by atoms with E-state index in [4.69, 9.17) is 9.47 Å². The molecule has 0 radical (unpaired) electrons. The smallest absolute Gasteiger partial charge is 0.407 e. The summed E-state index contributed by atoms with van der Waals surface area (Å²) >= 11 is 0. The Balaban J connectivity index is 0.00000114. The molecule has 0 heterocycles. The van der Waals surface area contributed by atoms with Crippen molar-refractivity contribution in [2.24, 2.45) is 0 Å². The van der Waals surface area contributed by atoms with Crippen molar-refractivity contribution in [3.63, 3.8) is 0 Å². The molecule has 1 amide bonds. The summed E-state index contributed by atoms with van der Waals surface area (Å²) in [7, 11) is 0. The van der Waals surface area contributed by atoms with E-state index in [-0.39, 0.29) is 25.0 Å². The molecular formula is C26H36N2O4. The highest BCUT2D eigenvalue weighted by atomic mass is 16.6. The standard InChI is InChI=1S/C23H28N2O4.C3H8/c1-23(2,3)29-21(26)14-24-12-13-25-22(27)28-15-20-18-10-6-4-8-16(18)17-9-5-7-11-19(17)20;1-3-2/h4-11,20,24H,12-15H2,1-3H3,(H,25,27);3H2,1-2H3. The number of carbonyl (C=O) groups is 2. The second-order valence-electron chi connectivity index (χ2n) is 8.72. The maximum absolute atomic E-state index is 12.1. The van der Waals surface area contributed by atoms with Gasteiger partial charge in [0.15, 0.2) is 0 Å². The van der Waals surface area contributed by atoms with Crippen LogP contribution < -0.4 is 10.6 Å². The number of carbonyl (C=O) groups excluding carboxylic acids is 2. The highest BCUT2D eigenvalue weighted by Crippen LogP contribution is 2.44. The van der Waals surface area contributed by atoms with Gasteiger partial charge in [-0.1, -0.05) is 68.8 Å². The largest absolute Gasteiger partial charge is 0.459 e. The van der Waals surface area contributed by atoms with E-state index in [0.717, 1.165) is 0 Å². The van der Waals surface area contributed by atoms with Crippen molar-refractivity contribution in [2.45, 2.75) is 52.6 Å². The van der Waals surface area contributed by atoms with Crippen LogP contribution >= 0.6 is 0 Å². The molecule has 0 saturated carbocycles. The van der Waals surface area contributed by atoms with Crippen molar-refractivity contribution in [3.05, 3.63) is 59.7 Å². The van der Waals surface area contributed by atoms with Gasteiger partial charge >= 0.3 is 12.1 Å². The van der Waals surface area contributed by atoms with E-state index in [1.165, 1.54) is 28.7 Å². The van der Waals surface area contributed by atoms with Crippen molar-refractivity contribution in [2.75, 3.05) is 26.2 Å². The average Bonchev–Trinajstić information content (AvgIpc) is 3.05. The van der Waals surface area contributed by atoms with Crippen LogP contribution in [0.4, 0.5) is 4.79 Å². The van der Waals surface area contributed by atoms with Crippen LogP contribution in [-0.2, 0) is 14.3 Å². The Morgan fingerprint density at radius 2 is 1.44 bits per heavy atom. The molecule has 174 valence electrons. The third kappa shape index (κ3) is 7.68. The lowest BCUT2D eigenvalue weighted by Crippen LogP contribution is -2.36. The van der Waals surface area contributed by atoms with E-state index in [1.807, 2.05) is 45.0 Å². The molecule has 6 nitrogen and oxygen atoms in total. The number of benzene rings is 2. The molecule has 0 atom stereocenters. The van der Waals surface area contributed by atoms with E-state index in [9.17, 15) is 9.59 Å². The number of alkyl carbamates (subject to hydrolysis) is 1. The van der Waals surface area contributed by atoms with Crippen molar-refractivity contribution in [3.8, 4) is 11.1 Å². The first-order valence-corrected chi connectivity index (χ1v) is 11.3. The third-order valence-corrected chi connectivity index (χ3v) is 4.60. The number of ether oxygens (including phenoxy) is 2. The highest BCUT2D eigenvalue weighted by molar-refractivity contribution is 5.79. The molecule has 2 N–H and O–H groups in total. The Morgan fingerprint density at radius 1 is 0.906 bits per heavy atom. The second-order valence-corrected chi connectivity index (χ2v) is 8.72. The Kier molecular flexibility index (Phi) is 9.72. The fraction of sp³-hybridized carbons (Fsp3) is 0.462. The molecule has 0 spiro atoms. The number of fused-ring (bicyclic) bond motifs is 3. The van der Waals surface area contributed by atoms with Gasteiger partial charge in [-0.3, -0.25) is 4.79 Å². The summed E-state index contributed by atoms with van der Waals surface area (Å²) in [4.78, 5) is 23.7. The third-order valence-electron chi connectivity index (χ3n) is 4.60. The molecule has 0 fully saturated rings. The van der Waals surface area contributed by atoms with Gasteiger partial charge < -0.3 is 20.1 Å². The lowest BCUT2D eigenvalue weighted by atomic mass is 9.98. The average molecular weight is 441 g/mol. The van der Waals surface area contributed by atoms with Gasteiger partial charge in [-0.15, -0.1) is 0 Å². The molecule has 2 aromatic carbocycles. The van der Waals surface area contributed by atoms with E-state index < -0.39 is 11.7 Å². The van der Waals surface area contributed by atoms with Gasteiger partial charge in [0.05, 0.1) is 6.54 Å². The SMILES string of the molecule is CC(C)(C)OC(=O)CNCCNC(=O)OCC1c2ccccc2-c2ccccc21.CCC. The van der Waals surface area contributed by atoms with Gasteiger partial charge in [-0.05, 0) is 43.0 Å². The summed E-state index contributed by atoms with van der Waals surface area (Å²) in [6.07, 6.45) is 0.783. The van der Waals surface area contributed by atoms with Crippen LogP contribution in [-0.4, -0.2) is 43.9 Å². The van der Waals surface area contributed by atoms with Gasteiger partial charge in [-0.2, -0.15) is 0 Å². The summed E-state index contributed by atoms with van der Waals surface area (Å²) in [5.74, 6) is -0.280. The number of esters is 1. The van der Waals surface area contributed by atoms with E-state index in [2.05, 4.69) is 48.7 Å². The van der Waals surface area contributed by atoms with Crippen LogP contribution in [0, 0.1) is 0 Å². The first-order chi connectivity index (χ1) is 15.3. The fourth-order valence-electron chi connectivity index (χ4n) is 3.47. The van der Waals surface area contributed by atoms with Gasteiger partial charge in [0.1, 0.15) is 12.2 Å². The molecular weight excluding hydrogens is 404 g/mol. The van der Waals surface area contributed by atoms with Crippen LogP contribution in [0.15, 0.2) is 48.5 Å². The normalized spacial score (nSPS) is 12.2. The molecule has 0 unspecified atom stereocenters. The molecule has 2 aromatic rings. The minimum atomic E-state index is -0.502. The quantitative estimate of drug-likeness (QED) is 0.474. The number of nitrogens with one attached hydrogen (secondary N) is 2. The van der Waals surface area contributed by atoms with Crippen molar-refractivity contribution >= 4 is 12.1 Å². The Hall–Kier alpha value is -2.86. The van der Waals surface area contributed by atoms with Gasteiger partial charge in [-0.25, -0.2) is 4.79 Å². The summed E-state index contributed by atoms with van der Waals surface area (Å²) in [6.45, 7) is 10.9. The molecule has 6 heteroatoms. The van der Waals surface area contributed by atoms with Crippen LogP contribution in [0.3, 0.4) is 0 Å². The predicted molar refractivity (Wildman–Crippen MR) is 128 cm³/mol. The number of amides is 1. The Bertz CT molecular complexity index is 844. The van der Waals surface area contributed by atoms with Gasteiger partial charge in [0.25, 0.3) is 0 Å². The lowest BCUT2D eigenvalue weighted by Gasteiger charge is -2.19. The maximum atomic E-state index is 12.1. The summed E-state index contributed by atoms with van der Waals surface area (Å²) in [6, 6.07) is 16.4. The highest BCUT2D eigenvalue weighted by Gasteiger charge is 2.28. The molecule has 32 heavy (non-hydrogen) atoms. The van der Waals surface area contributed by atoms with Gasteiger partial charge in [0, 0.05) is 19.0 Å². The lowest BCUT2D eigenvalue weighted by molar-refractivity contribution is -0.153. The molecule has 3 rings (SSSR count). The summed E-state index contributed by atoms with van der Waals surface area (Å²) in [5, 5.41) is 5.64. The van der Waals surface area contributed by atoms with Crippen LogP contribution in [0.25, 0.3) is 11.1 Å². The summed E-state index contributed by atoms with van der Waals surface area (Å²) < 4.78 is 10.7. The van der Waals surface area contributed by atoms with E-state index in [1.54, 1.807) is 0 Å². The summed E-state index contributed by atoms with van der Waals surface area (Å²) in [5.41, 5.74) is 4.26. The number of hydrogen-bond acceptors (Lipinski definition) is 5. The molecule has 0 aromatic heterocycles. The first-order valence-electron chi connectivity index (χ1n) is 11.3. The van der Waals surface area contributed by atoms with Crippen LogP contribution in [0.2, 0.25) is 0 Å². The molecule has 0 aliphatic heterocycles. The van der Waals surface area contributed by atoms with E-state index >= 15 is 0 Å². The number of rotatable bonds is 7. The molecule has 0 bridgehead atoms. The topological polar surface area (TPSA) is 76.7 Å². The molecule has 0 saturated heterocycles. The minimum Gasteiger partial charge on any atom is -0.459 e. The minimum absolute atomic E-state index is 0.0402.